The molecule has 0 unspecified atom stereocenters. The number of carbonyl (C=O) groups excluding carboxylic acids is 1. The number of benzene rings is 1. The Morgan fingerprint density at radius 1 is 1.16 bits per heavy atom. The van der Waals surface area contributed by atoms with Gasteiger partial charge in [-0.25, -0.2) is 4.79 Å². The molecule has 104 valence electrons. The van der Waals surface area contributed by atoms with Gasteiger partial charge in [0.15, 0.2) is 0 Å². The zero-order valence-corrected chi connectivity index (χ0v) is 16.8. The van der Waals surface area contributed by atoms with Gasteiger partial charge in [-0.2, -0.15) is 0 Å². The maximum absolute atomic E-state index is 11.0. The number of aliphatic hydroxyl groups is 2. The molecule has 2 radical (unpaired) electrons. The summed E-state index contributed by atoms with van der Waals surface area (Å²) < 4.78 is 9.35. The SMILES string of the molecule is COC(=O)c1cc(O)cc(OC)c1.OCO.[CH3-].[Y].[Y]. The first-order chi connectivity index (χ1) is 7.58. The van der Waals surface area contributed by atoms with E-state index >= 15 is 0 Å². The van der Waals surface area contributed by atoms with Crippen molar-refractivity contribution in [3.05, 3.63) is 31.2 Å². The number of carbonyl (C=O) groups is 1. The molecule has 0 fully saturated rings. The number of esters is 1. The standard InChI is InChI=1S/C9H10O4.CH4O2.CH3.2Y/c1-12-8-4-6(9(11)13-2)3-7(10)5-8;2-1-3;;;/h3-5,10H,1-2H3;2-3H,1H2;1H3;;/q;;-1;;. The number of hydrogen-bond donors (Lipinski definition) is 3. The van der Waals surface area contributed by atoms with Crippen molar-refractivity contribution in [2.24, 2.45) is 0 Å². The van der Waals surface area contributed by atoms with Crippen molar-refractivity contribution in [3.8, 4) is 11.5 Å². The molecule has 3 N–H and O–H groups in total. The maximum atomic E-state index is 11.0. The monoisotopic (exact) mass is 423 g/mol. The van der Waals surface area contributed by atoms with Gasteiger partial charge >= 0.3 is 5.97 Å². The molecular formula is C11H17O6Y2-. The van der Waals surface area contributed by atoms with Gasteiger partial charge in [-0.1, -0.05) is 0 Å². The molecule has 0 saturated carbocycles. The smallest absolute Gasteiger partial charge is 0.338 e. The average molecular weight is 423 g/mol. The Morgan fingerprint density at radius 3 is 2.00 bits per heavy atom. The van der Waals surface area contributed by atoms with Crippen molar-refractivity contribution < 1.29 is 95.0 Å². The summed E-state index contributed by atoms with van der Waals surface area (Å²) in [4.78, 5) is 11.0. The zero-order chi connectivity index (χ0) is 12.6. The molecule has 0 spiro atoms. The molecular weight excluding hydrogens is 406 g/mol. The third-order valence-electron chi connectivity index (χ3n) is 1.55. The summed E-state index contributed by atoms with van der Waals surface area (Å²) in [6.07, 6.45) is 0. The van der Waals surface area contributed by atoms with Crippen molar-refractivity contribution in [2.75, 3.05) is 21.0 Å². The summed E-state index contributed by atoms with van der Waals surface area (Å²) in [5, 5.41) is 23.4. The predicted molar refractivity (Wildman–Crippen MR) is 61.7 cm³/mol. The Bertz CT molecular complexity index is 346. The summed E-state index contributed by atoms with van der Waals surface area (Å²) >= 11 is 0. The fourth-order valence-electron chi connectivity index (χ4n) is 0.937. The molecule has 0 aliphatic carbocycles. The fourth-order valence-corrected chi connectivity index (χ4v) is 0.937. The Balaban J connectivity index is -0.000000172. The van der Waals surface area contributed by atoms with Crippen molar-refractivity contribution in [1.29, 1.82) is 0 Å². The Labute approximate surface area is 163 Å². The van der Waals surface area contributed by atoms with Crippen molar-refractivity contribution in [1.82, 2.24) is 0 Å². The second-order valence-electron chi connectivity index (χ2n) is 2.55. The van der Waals surface area contributed by atoms with E-state index in [0.29, 0.717) is 5.75 Å². The Morgan fingerprint density at radius 2 is 1.63 bits per heavy atom. The zero-order valence-electron chi connectivity index (χ0n) is 11.2. The number of rotatable bonds is 2. The third-order valence-corrected chi connectivity index (χ3v) is 1.55. The van der Waals surface area contributed by atoms with E-state index in [1.807, 2.05) is 0 Å². The van der Waals surface area contributed by atoms with Gasteiger partial charge in [-0.05, 0) is 12.1 Å². The largest absolute Gasteiger partial charge is 0.508 e. The first kappa shape index (κ1) is 27.7. The molecule has 1 aromatic rings. The summed E-state index contributed by atoms with van der Waals surface area (Å²) in [7, 11) is 2.73. The minimum atomic E-state index is -0.750. The van der Waals surface area contributed by atoms with Crippen LogP contribution in [0.25, 0.3) is 0 Å². The van der Waals surface area contributed by atoms with Crippen molar-refractivity contribution in [3.63, 3.8) is 0 Å². The molecule has 0 amide bonds. The number of aliphatic hydroxyl groups excluding tert-OH is 1. The molecule has 19 heavy (non-hydrogen) atoms. The minimum Gasteiger partial charge on any atom is -0.508 e. The number of hydrogen-bond acceptors (Lipinski definition) is 6. The van der Waals surface area contributed by atoms with Crippen LogP contribution in [0.1, 0.15) is 10.4 Å². The Kier molecular flexibility index (Phi) is 24.0. The number of phenols is 1. The van der Waals surface area contributed by atoms with E-state index in [1.54, 1.807) is 0 Å². The van der Waals surface area contributed by atoms with E-state index in [0.717, 1.165) is 0 Å². The molecule has 0 heterocycles. The summed E-state index contributed by atoms with van der Waals surface area (Å²) in [6.45, 7) is -0.750. The van der Waals surface area contributed by atoms with Crippen LogP contribution in [0.5, 0.6) is 11.5 Å². The van der Waals surface area contributed by atoms with Crippen LogP contribution >= 0.6 is 0 Å². The molecule has 0 aromatic heterocycles. The van der Waals surface area contributed by atoms with E-state index in [4.69, 9.17) is 14.9 Å². The first-order valence-electron chi connectivity index (χ1n) is 4.27. The topological polar surface area (TPSA) is 96.2 Å². The molecule has 0 aliphatic rings. The molecule has 8 heteroatoms. The van der Waals surface area contributed by atoms with Crippen LogP contribution in [0.3, 0.4) is 0 Å². The van der Waals surface area contributed by atoms with Crippen LogP contribution in [0.4, 0.5) is 0 Å². The second kappa shape index (κ2) is 16.5. The molecule has 6 nitrogen and oxygen atoms in total. The van der Waals surface area contributed by atoms with Gasteiger partial charge in [0.1, 0.15) is 18.3 Å². The van der Waals surface area contributed by atoms with E-state index in [2.05, 4.69) is 4.74 Å². The van der Waals surface area contributed by atoms with E-state index in [1.165, 1.54) is 32.4 Å². The minimum absolute atomic E-state index is 0. The molecule has 1 aromatic carbocycles. The van der Waals surface area contributed by atoms with Crippen LogP contribution in [0, 0.1) is 7.43 Å². The third kappa shape index (κ3) is 11.9. The summed E-state index contributed by atoms with van der Waals surface area (Å²) in [5.74, 6) is -0.116. The van der Waals surface area contributed by atoms with Crippen LogP contribution in [-0.2, 0) is 70.2 Å². The van der Waals surface area contributed by atoms with Gasteiger partial charge in [-0.3, -0.25) is 0 Å². The number of phenolic OH excluding ortho intramolecular Hbond substituents is 1. The molecule has 0 aliphatic heterocycles. The van der Waals surface area contributed by atoms with Gasteiger partial charge in [-0.15, -0.1) is 0 Å². The van der Waals surface area contributed by atoms with Crippen LogP contribution in [-0.4, -0.2) is 42.3 Å². The van der Waals surface area contributed by atoms with Crippen molar-refractivity contribution in [2.45, 2.75) is 0 Å². The van der Waals surface area contributed by atoms with E-state index < -0.39 is 12.8 Å². The maximum Gasteiger partial charge on any atom is 0.338 e. The van der Waals surface area contributed by atoms with Crippen LogP contribution in [0.2, 0.25) is 0 Å². The molecule has 1 rings (SSSR count). The average Bonchev–Trinajstić information content (AvgIpc) is 2.28. The Hall–Kier alpha value is 0.418. The predicted octanol–water partition coefficient (Wildman–Crippen LogP) is 0.561. The van der Waals surface area contributed by atoms with Gasteiger partial charge in [0.2, 0.25) is 0 Å². The fraction of sp³-hybridized carbons (Fsp3) is 0.273. The van der Waals surface area contributed by atoms with Gasteiger partial charge in [0.25, 0.3) is 0 Å². The number of methoxy groups -OCH3 is 2. The van der Waals surface area contributed by atoms with Crippen molar-refractivity contribution >= 4 is 5.97 Å². The van der Waals surface area contributed by atoms with Gasteiger partial charge in [0, 0.05) is 71.5 Å². The quantitative estimate of drug-likeness (QED) is 0.366. The van der Waals surface area contributed by atoms with E-state index in [9.17, 15) is 9.90 Å². The summed E-state index contributed by atoms with van der Waals surface area (Å²) in [6, 6.07) is 4.21. The van der Waals surface area contributed by atoms with Crippen LogP contribution in [0.15, 0.2) is 18.2 Å². The normalized spacial score (nSPS) is 7.37. The first-order valence-corrected chi connectivity index (χ1v) is 4.27. The summed E-state index contributed by atoms with van der Waals surface area (Å²) in [5.41, 5.74) is 0.263. The van der Waals surface area contributed by atoms with Crippen LogP contribution < -0.4 is 4.74 Å². The molecule has 0 saturated heterocycles. The van der Waals surface area contributed by atoms with Gasteiger partial charge in [0.05, 0.1) is 19.8 Å². The molecule has 0 bridgehead atoms. The number of aromatic hydroxyl groups is 1. The van der Waals surface area contributed by atoms with E-state index in [-0.39, 0.29) is 84.2 Å². The van der Waals surface area contributed by atoms with Gasteiger partial charge < -0.3 is 32.2 Å². The number of ether oxygens (including phenoxy) is 2. The molecule has 0 atom stereocenters. The second-order valence-corrected chi connectivity index (χ2v) is 2.55.